The van der Waals surface area contributed by atoms with E-state index >= 15 is 0 Å². The number of hydroxylamine groups is 2. The number of rotatable bonds is 4. The average molecular weight is 404 g/mol. The van der Waals surface area contributed by atoms with Gasteiger partial charge >= 0.3 is 0 Å². The van der Waals surface area contributed by atoms with E-state index in [0.29, 0.717) is 6.61 Å². The highest BCUT2D eigenvalue weighted by Crippen LogP contribution is 2.23. The monoisotopic (exact) mass is 403 g/mol. The van der Waals surface area contributed by atoms with Crippen LogP contribution in [-0.4, -0.2) is 22.6 Å². The van der Waals surface area contributed by atoms with Crippen molar-refractivity contribution in [1.82, 2.24) is 5.06 Å². The highest BCUT2D eigenvalue weighted by Gasteiger charge is 2.33. The highest BCUT2D eigenvalue weighted by molar-refractivity contribution is 8.93. The second-order valence-corrected chi connectivity index (χ2v) is 6.07. The number of guanidine groups is 2. The van der Waals surface area contributed by atoms with Crippen molar-refractivity contribution in [2.24, 2.45) is 21.5 Å². The SMILES string of the molecule is Br.CC1(C)N=C(N)N=C(N)N1OCc1cccc(-c2ccccc2)c1. The molecule has 0 saturated carbocycles. The summed E-state index contributed by atoms with van der Waals surface area (Å²) in [6, 6.07) is 18.4. The Balaban J connectivity index is 0.00000225. The van der Waals surface area contributed by atoms with E-state index < -0.39 is 5.66 Å². The molecule has 0 unspecified atom stereocenters. The van der Waals surface area contributed by atoms with Gasteiger partial charge in [-0.05, 0) is 36.6 Å². The average Bonchev–Trinajstić information content (AvgIpc) is 2.54. The Kier molecular flexibility index (Phi) is 5.81. The van der Waals surface area contributed by atoms with E-state index in [2.05, 4.69) is 34.3 Å². The first-order chi connectivity index (χ1) is 11.5. The Morgan fingerprint density at radius 3 is 2.36 bits per heavy atom. The first-order valence-corrected chi connectivity index (χ1v) is 7.73. The molecule has 0 radical (unpaired) electrons. The van der Waals surface area contributed by atoms with Crippen LogP contribution >= 0.6 is 17.0 Å². The van der Waals surface area contributed by atoms with E-state index in [1.807, 2.05) is 44.2 Å². The summed E-state index contributed by atoms with van der Waals surface area (Å²) < 4.78 is 0. The Morgan fingerprint density at radius 2 is 1.68 bits per heavy atom. The lowest BCUT2D eigenvalue weighted by Gasteiger charge is -2.36. The predicted octanol–water partition coefficient (Wildman–Crippen LogP) is 3.04. The molecule has 1 aliphatic rings. The molecule has 2 aromatic rings. The fourth-order valence-electron chi connectivity index (χ4n) is 2.63. The van der Waals surface area contributed by atoms with Crippen LogP contribution in [0.4, 0.5) is 0 Å². The molecule has 0 fully saturated rings. The molecule has 6 nitrogen and oxygen atoms in total. The topological polar surface area (TPSA) is 89.2 Å². The molecule has 0 bridgehead atoms. The third-order valence-electron chi connectivity index (χ3n) is 3.72. The first-order valence-electron chi connectivity index (χ1n) is 7.73. The normalized spacial score (nSPS) is 15.8. The number of benzene rings is 2. The van der Waals surface area contributed by atoms with E-state index in [9.17, 15) is 0 Å². The van der Waals surface area contributed by atoms with E-state index in [-0.39, 0.29) is 28.9 Å². The van der Waals surface area contributed by atoms with E-state index in [1.54, 1.807) is 0 Å². The molecule has 25 heavy (non-hydrogen) atoms. The van der Waals surface area contributed by atoms with Crippen molar-refractivity contribution in [3.63, 3.8) is 0 Å². The third-order valence-corrected chi connectivity index (χ3v) is 3.72. The van der Waals surface area contributed by atoms with Gasteiger partial charge in [0.1, 0.15) is 6.61 Å². The van der Waals surface area contributed by atoms with Crippen LogP contribution in [0.15, 0.2) is 64.6 Å². The second-order valence-electron chi connectivity index (χ2n) is 6.07. The van der Waals surface area contributed by atoms with Gasteiger partial charge in [0, 0.05) is 0 Å². The zero-order valence-electron chi connectivity index (χ0n) is 14.2. The fraction of sp³-hybridized carbons (Fsp3) is 0.222. The van der Waals surface area contributed by atoms with Gasteiger partial charge in [-0.2, -0.15) is 10.1 Å². The van der Waals surface area contributed by atoms with Gasteiger partial charge in [0.15, 0.2) is 5.66 Å². The minimum Gasteiger partial charge on any atom is -0.368 e. The molecular weight excluding hydrogens is 382 g/mol. The molecule has 0 amide bonds. The predicted molar refractivity (Wildman–Crippen MR) is 106 cm³/mol. The smallest absolute Gasteiger partial charge is 0.226 e. The van der Waals surface area contributed by atoms with Crippen molar-refractivity contribution >= 4 is 28.9 Å². The molecule has 1 aliphatic heterocycles. The fourth-order valence-corrected chi connectivity index (χ4v) is 2.63. The zero-order valence-corrected chi connectivity index (χ0v) is 15.9. The lowest BCUT2D eigenvalue weighted by atomic mass is 10.0. The summed E-state index contributed by atoms with van der Waals surface area (Å²) >= 11 is 0. The second kappa shape index (κ2) is 7.67. The summed E-state index contributed by atoms with van der Waals surface area (Å²) in [5, 5.41) is 1.48. The van der Waals surface area contributed by atoms with Crippen LogP contribution < -0.4 is 11.5 Å². The summed E-state index contributed by atoms with van der Waals surface area (Å²) in [4.78, 5) is 14.1. The van der Waals surface area contributed by atoms with Crippen LogP contribution in [0.1, 0.15) is 19.4 Å². The third kappa shape index (κ3) is 4.37. The van der Waals surface area contributed by atoms with Crippen molar-refractivity contribution in [3.05, 3.63) is 60.2 Å². The number of aliphatic imine (C=N–C) groups is 2. The lowest BCUT2D eigenvalue weighted by molar-refractivity contribution is -0.166. The number of hydrogen-bond acceptors (Lipinski definition) is 6. The molecule has 0 saturated heterocycles. The molecular formula is C18H22BrN5O. The van der Waals surface area contributed by atoms with Gasteiger partial charge in [0.25, 0.3) is 0 Å². The molecule has 132 valence electrons. The largest absolute Gasteiger partial charge is 0.368 e. The molecule has 0 aromatic heterocycles. The van der Waals surface area contributed by atoms with Crippen molar-refractivity contribution in [3.8, 4) is 11.1 Å². The van der Waals surface area contributed by atoms with Crippen LogP contribution in [-0.2, 0) is 11.4 Å². The van der Waals surface area contributed by atoms with Gasteiger partial charge in [0.2, 0.25) is 11.9 Å². The quantitative estimate of drug-likeness (QED) is 0.820. The van der Waals surface area contributed by atoms with Crippen molar-refractivity contribution in [2.75, 3.05) is 0 Å². The molecule has 1 heterocycles. The maximum Gasteiger partial charge on any atom is 0.226 e. The number of nitrogens with two attached hydrogens (primary N) is 2. The minimum atomic E-state index is -0.701. The van der Waals surface area contributed by atoms with Crippen molar-refractivity contribution in [1.29, 1.82) is 0 Å². The summed E-state index contributed by atoms with van der Waals surface area (Å²) in [6.07, 6.45) is 0. The van der Waals surface area contributed by atoms with E-state index in [4.69, 9.17) is 16.3 Å². The van der Waals surface area contributed by atoms with Gasteiger partial charge in [-0.1, -0.05) is 48.5 Å². The summed E-state index contributed by atoms with van der Waals surface area (Å²) in [6.45, 7) is 4.08. The van der Waals surface area contributed by atoms with Crippen LogP contribution in [0.5, 0.6) is 0 Å². The lowest BCUT2D eigenvalue weighted by Crippen LogP contribution is -2.53. The number of hydrogen-bond donors (Lipinski definition) is 2. The Morgan fingerprint density at radius 1 is 1.00 bits per heavy atom. The minimum absolute atomic E-state index is 0. The summed E-state index contributed by atoms with van der Waals surface area (Å²) in [5.41, 5.74) is 14.2. The number of nitrogens with zero attached hydrogens (tertiary/aromatic N) is 3. The summed E-state index contributed by atoms with van der Waals surface area (Å²) in [5.74, 6) is 0.357. The molecule has 3 rings (SSSR count). The first kappa shape index (κ1) is 19.0. The molecule has 0 aliphatic carbocycles. The van der Waals surface area contributed by atoms with Gasteiger partial charge in [-0.25, -0.2) is 4.99 Å². The Hall–Kier alpha value is -2.38. The summed E-state index contributed by atoms with van der Waals surface area (Å²) in [7, 11) is 0. The van der Waals surface area contributed by atoms with Gasteiger partial charge in [0.05, 0.1) is 0 Å². The number of halogens is 1. The van der Waals surface area contributed by atoms with Crippen molar-refractivity contribution < 1.29 is 4.84 Å². The molecule has 7 heteroatoms. The molecule has 0 atom stereocenters. The Labute approximate surface area is 157 Å². The van der Waals surface area contributed by atoms with Crippen LogP contribution in [0.2, 0.25) is 0 Å². The standard InChI is InChI=1S/C18H21N5O.BrH/c1-18(2)22-16(19)21-17(20)23(18)24-12-13-7-6-10-15(11-13)14-8-4-3-5-9-14;/h3-11H,12H2,1-2H3,(H4,19,20,21,22);1H. The van der Waals surface area contributed by atoms with Gasteiger partial charge < -0.3 is 11.5 Å². The van der Waals surface area contributed by atoms with Gasteiger partial charge in [-0.15, -0.1) is 17.0 Å². The Bertz CT molecular complexity index is 789. The highest BCUT2D eigenvalue weighted by atomic mass is 79.9. The van der Waals surface area contributed by atoms with Crippen LogP contribution in [0.25, 0.3) is 11.1 Å². The van der Waals surface area contributed by atoms with Crippen molar-refractivity contribution in [2.45, 2.75) is 26.1 Å². The molecule has 2 aromatic carbocycles. The molecule has 0 spiro atoms. The van der Waals surface area contributed by atoms with E-state index in [1.165, 1.54) is 5.06 Å². The maximum atomic E-state index is 5.92. The van der Waals surface area contributed by atoms with Gasteiger partial charge in [-0.3, -0.25) is 4.84 Å². The maximum absolute atomic E-state index is 5.92. The van der Waals surface area contributed by atoms with Crippen LogP contribution in [0.3, 0.4) is 0 Å². The van der Waals surface area contributed by atoms with Crippen LogP contribution in [0, 0.1) is 0 Å². The zero-order chi connectivity index (χ0) is 17.2. The van der Waals surface area contributed by atoms with E-state index in [0.717, 1.165) is 16.7 Å². The molecule has 4 N–H and O–H groups in total.